The van der Waals surface area contributed by atoms with Crippen molar-refractivity contribution in [2.75, 3.05) is 233 Å². The van der Waals surface area contributed by atoms with E-state index in [1.54, 1.807) is 11.8 Å². The molecule has 15 rings (SSSR count). The number of morpholine rings is 1. The molecule has 5 N–H and O–H groups in total. The highest BCUT2D eigenvalue weighted by atomic mass is 32.2. The van der Waals surface area contributed by atoms with Gasteiger partial charge in [0.05, 0.1) is 98.1 Å². The van der Waals surface area contributed by atoms with E-state index in [-0.39, 0.29) is 0 Å². The highest BCUT2D eigenvalue weighted by Crippen LogP contribution is 2.15. The quantitative estimate of drug-likeness (QED) is 0.153. The zero-order valence-electron chi connectivity index (χ0n) is 111. The topological polar surface area (TPSA) is 208 Å². The largest absolute Gasteiger partial charge is 0.482 e. The second kappa shape index (κ2) is 413. The Morgan fingerprint density at radius 1 is 0.191 bits per heavy atom. The van der Waals surface area contributed by atoms with Gasteiger partial charge >= 0.3 is 0 Å². The van der Waals surface area contributed by atoms with Crippen LogP contribution in [0.3, 0.4) is 0 Å². The maximum absolute atomic E-state index is 5.07. The lowest BCUT2D eigenvalue weighted by Gasteiger charge is -2.10. The smallest absolute Gasteiger partial charge is 0.169 e. The van der Waals surface area contributed by atoms with Gasteiger partial charge in [-0.2, -0.15) is 23.5 Å². The zero-order valence-corrected chi connectivity index (χ0v) is 113. The first-order valence-electron chi connectivity index (χ1n) is 61.3. The molecule has 23 heteroatoms. The van der Waals surface area contributed by atoms with Crippen LogP contribution in [0.1, 0.15) is 537 Å². The molecule has 0 atom stereocenters. The summed E-state index contributed by atoms with van der Waals surface area (Å²) < 4.78 is 53.5. The Bertz CT molecular complexity index is 890. The number of ether oxygens (including phenoxy) is 11. The van der Waals surface area contributed by atoms with Crippen molar-refractivity contribution in [3.63, 3.8) is 0 Å². The molecule has 0 unspecified atom stereocenters. The Balaban J connectivity index is -0.0000000322. The number of rotatable bonds is 0. The van der Waals surface area contributed by atoms with E-state index in [0.29, 0.717) is 13.6 Å². The second-order valence-electron chi connectivity index (χ2n) is 19.2. The molecule has 20 nitrogen and oxygen atoms in total. The fraction of sp³-hybridized carbons (Fsp3) is 0.975. The molecule has 0 amide bonds. The number of nitrogens with zero attached hydrogens (tertiary/aromatic N) is 3. The summed E-state index contributed by atoms with van der Waals surface area (Å²) in [4.78, 5) is 16.3. The van der Waals surface area contributed by atoms with Crippen LogP contribution >= 0.6 is 35.3 Å². The third kappa shape index (κ3) is 407. The molecule has 12 saturated heterocycles. The van der Waals surface area contributed by atoms with Crippen LogP contribution in [0.4, 0.5) is 0 Å². The summed E-state index contributed by atoms with van der Waals surface area (Å²) in [5.41, 5.74) is 4.62. The second-order valence-corrected chi connectivity index (χ2v) is 22.6. The van der Waals surface area contributed by atoms with Crippen LogP contribution in [0, 0.1) is 0 Å². The van der Waals surface area contributed by atoms with Gasteiger partial charge in [0.1, 0.15) is 20.2 Å². The summed E-state index contributed by atoms with van der Waals surface area (Å²) in [5.74, 6) is 6.86. The molecule has 0 radical (unpaired) electrons. The number of thioether (sulfide) groups is 3. The molecular formula is C118H298N8O12S3. The van der Waals surface area contributed by atoms with E-state index in [2.05, 4.69) is 70.0 Å². The molecule has 0 spiro atoms. The first-order chi connectivity index (χ1) is 70.5. The summed E-state index contributed by atoms with van der Waals surface area (Å²) >= 11 is 5.95. The predicted molar refractivity (Wildman–Crippen MR) is 680 cm³/mol. The molecular weight excluding hydrogens is 1820 g/mol. The van der Waals surface area contributed by atoms with E-state index in [1.165, 1.54) is 177 Å². The van der Waals surface area contributed by atoms with E-state index in [4.69, 9.17) is 52.2 Å². The van der Waals surface area contributed by atoms with Crippen LogP contribution in [-0.4, -0.2) is 252 Å². The first kappa shape index (κ1) is 224. The molecule has 15 aliphatic heterocycles. The van der Waals surface area contributed by atoms with E-state index in [1.807, 2.05) is 427 Å². The van der Waals surface area contributed by atoms with Gasteiger partial charge in [0.2, 0.25) is 0 Å². The van der Waals surface area contributed by atoms with Crippen LogP contribution < -0.4 is 26.7 Å². The number of hydrogen-bond acceptors (Lipinski definition) is 23. The number of hydroxylamine groups is 1. The fourth-order valence-electron chi connectivity index (χ4n) is 7.22. The van der Waals surface area contributed by atoms with Gasteiger partial charge in [-0.15, -0.1) is 11.8 Å². The van der Waals surface area contributed by atoms with Crippen molar-refractivity contribution >= 4 is 53.4 Å². The van der Waals surface area contributed by atoms with Crippen molar-refractivity contribution in [1.82, 2.24) is 26.7 Å². The van der Waals surface area contributed by atoms with Crippen molar-refractivity contribution in [2.45, 2.75) is 537 Å². The van der Waals surface area contributed by atoms with Crippen LogP contribution in [0.25, 0.3) is 0 Å². The van der Waals surface area contributed by atoms with E-state index in [0.717, 1.165) is 171 Å². The fourth-order valence-corrected chi connectivity index (χ4v) is 9.79. The minimum absolute atomic E-state index is 0.500. The van der Waals surface area contributed by atoms with Gasteiger partial charge in [-0.05, 0) is 165 Å². The summed E-state index contributed by atoms with van der Waals surface area (Å²) in [7, 11) is 0. The summed E-state index contributed by atoms with van der Waals surface area (Å²) in [6.07, 6.45) is 29.0. The van der Waals surface area contributed by atoms with Crippen LogP contribution in [-0.2, 0) is 56.9 Å². The van der Waals surface area contributed by atoms with Gasteiger partial charge in [-0.25, -0.2) is 5.48 Å². The SMILES string of the molecule is C1=NCCC1.C1=NCCO1.C1=NCCS1.C1CCNC1.C1CCNCC1.C1CCOC1.C1CCOCC1.C1CCSC1.C1CCSCC1.C1CNOC1.C1COCCN1.C1COCCO1.C1COCN1.C1COCO1.C1COCOC1.CC.CC.CC.CC.CC.CC.CC.CC.CC.CC.CC.CC.CC.CC.CC.CC.CC.CC.CC.CC.CC.CC.CC.CC.CC.CC.CC.CC.CC.CC. The molecule has 0 aliphatic carbocycles. The maximum atomic E-state index is 5.07. The van der Waals surface area contributed by atoms with Crippen molar-refractivity contribution in [2.24, 2.45) is 15.0 Å². The molecule has 15 aliphatic rings. The van der Waals surface area contributed by atoms with Gasteiger partial charge < -0.3 is 72.9 Å². The number of hydrogen-bond donors (Lipinski definition) is 5. The van der Waals surface area contributed by atoms with E-state index in [9.17, 15) is 0 Å². The maximum Gasteiger partial charge on any atom is 0.169 e. The van der Waals surface area contributed by atoms with Crippen LogP contribution in [0.15, 0.2) is 15.0 Å². The molecule has 0 aromatic carbocycles. The molecule has 15 heterocycles. The van der Waals surface area contributed by atoms with Gasteiger partial charge in [0.25, 0.3) is 0 Å². The molecule has 12 fully saturated rings. The molecule has 900 valence electrons. The lowest BCUT2D eigenvalue weighted by Crippen LogP contribution is -2.30. The predicted octanol–water partition coefficient (Wildman–Crippen LogP) is 38.5. The zero-order chi connectivity index (χ0) is 117. The highest BCUT2D eigenvalue weighted by molar-refractivity contribution is 8.12. The Morgan fingerprint density at radius 2 is 0.468 bits per heavy atom. The average Bonchev–Trinajstić information content (AvgIpc) is 2.06. The normalized spacial score (nSPS) is 14.7. The van der Waals surface area contributed by atoms with Crippen molar-refractivity contribution in [3.8, 4) is 0 Å². The Hall–Kier alpha value is -0.780. The molecule has 0 aromatic rings. The first-order valence-corrected chi connectivity index (χ1v) is 64.6. The molecule has 0 aromatic heterocycles. The lowest BCUT2D eigenvalue weighted by atomic mass is 10.2. The van der Waals surface area contributed by atoms with Gasteiger partial charge in [0.15, 0.2) is 6.40 Å². The Morgan fingerprint density at radius 3 is 0.574 bits per heavy atom. The number of aliphatic imine (C=N–C) groups is 3. The Kier molecular flexibility index (Phi) is 656. The Labute approximate surface area is 917 Å². The lowest BCUT2D eigenvalue weighted by molar-refractivity contribution is -0.0963. The third-order valence-electron chi connectivity index (χ3n) is 11.8. The molecule has 141 heavy (non-hydrogen) atoms. The average molecular weight is 2120 g/mol. The highest BCUT2D eigenvalue weighted by Gasteiger charge is 2.01. The standard InChI is InChI=1S/C5H11N.C5H10O.C5H10S.C4H9NO.C4H9N.C4H7N.2C4H8O2.C4H8O.C4H8S.C3H7NO.C3H5NO.C3H7NO.C3H5NS.C3H6O2.30C2H6/c3*1-2-4-6-5-3-1;1-3-6-4-2-5-1;2*1-2-4-5-3-1;1-2-6-4-3-5-1;1-2-5-4-6-3-1;2*1-2-4-5-3-1;2*1-2-5-3-4-1;1-2-4-5-3-1;2*1-2-5-3-4-1;30*1-2/h6H,1-5H2;2*1-5H2;5H,1-4H2;5H,1-4H2;3H,1-2,4H2;2*1-4H2;2*1-4H2;4H,1-3H2;3H,1-2H2;4H,1-3H2;3H,1-2H2;1-3H2;30*1-2H3. The monoisotopic (exact) mass is 2120 g/mol. The summed E-state index contributed by atoms with van der Waals surface area (Å²) in [5, 5.41) is 12.7. The van der Waals surface area contributed by atoms with Crippen LogP contribution in [0.2, 0.25) is 0 Å². The van der Waals surface area contributed by atoms with Gasteiger partial charge in [-0.3, -0.25) is 20.3 Å². The number of piperidine rings is 1. The third-order valence-corrected chi connectivity index (χ3v) is 14.9. The van der Waals surface area contributed by atoms with Crippen molar-refractivity contribution in [1.29, 1.82) is 0 Å². The molecule has 0 saturated carbocycles. The summed E-state index contributed by atoms with van der Waals surface area (Å²) in [6, 6.07) is 0. The molecule has 0 bridgehead atoms. The van der Waals surface area contributed by atoms with Crippen molar-refractivity contribution in [3.05, 3.63) is 0 Å². The minimum Gasteiger partial charge on any atom is -0.482 e. The van der Waals surface area contributed by atoms with E-state index >= 15 is 0 Å². The van der Waals surface area contributed by atoms with Crippen LogP contribution in [0.5, 0.6) is 0 Å². The van der Waals surface area contributed by atoms with Crippen molar-refractivity contribution < 1.29 is 56.9 Å². The van der Waals surface area contributed by atoms with Gasteiger partial charge in [0, 0.05) is 71.4 Å². The summed E-state index contributed by atoms with van der Waals surface area (Å²) in [6.45, 7) is 149. The minimum atomic E-state index is 0.500. The number of nitrogens with one attached hydrogen (secondary N) is 5. The van der Waals surface area contributed by atoms with Gasteiger partial charge in [-0.1, -0.05) is 428 Å². The van der Waals surface area contributed by atoms with E-state index < -0.39 is 0 Å².